The first kappa shape index (κ1) is 17.1. The van der Waals surface area contributed by atoms with E-state index in [1.165, 1.54) is 6.26 Å². The fourth-order valence-corrected chi connectivity index (χ4v) is 4.18. The summed E-state index contributed by atoms with van der Waals surface area (Å²) in [6.07, 6.45) is 4.44. The van der Waals surface area contributed by atoms with Gasteiger partial charge in [-0.25, -0.2) is 13.4 Å². The van der Waals surface area contributed by atoms with Crippen LogP contribution in [0.15, 0.2) is 53.2 Å². The molecule has 0 unspecified atom stereocenters. The monoisotopic (exact) mass is 389 g/mol. The Morgan fingerprint density at radius 2 is 2.08 bits per heavy atom. The van der Waals surface area contributed by atoms with Gasteiger partial charge in [-0.15, -0.1) is 4.41 Å². The molecule has 0 radical (unpaired) electrons. The van der Waals surface area contributed by atoms with E-state index >= 15 is 0 Å². The normalized spacial score (nSPS) is 18.1. The van der Waals surface area contributed by atoms with Gasteiger partial charge in [-0.1, -0.05) is 29.8 Å². The molecule has 2 aromatic heterocycles. The number of aromatic nitrogens is 1. The lowest BCUT2D eigenvalue weighted by Crippen LogP contribution is -2.38. The van der Waals surface area contributed by atoms with E-state index in [0.717, 1.165) is 27.1 Å². The number of nitrogens with one attached hydrogen (secondary N) is 1. The van der Waals surface area contributed by atoms with E-state index < -0.39 is 16.1 Å². The van der Waals surface area contributed by atoms with Gasteiger partial charge < -0.3 is 9.84 Å². The van der Waals surface area contributed by atoms with E-state index in [1.807, 2.05) is 31.2 Å². The van der Waals surface area contributed by atoms with Crippen molar-refractivity contribution in [2.24, 2.45) is 0 Å². The average molecular weight is 390 g/mol. The maximum atomic E-state index is 12.3. The molecule has 1 N–H and O–H groups in total. The number of sulfonamides is 1. The number of para-hydroxylation sites is 1. The van der Waals surface area contributed by atoms with Gasteiger partial charge in [-0.2, -0.15) is 0 Å². The van der Waals surface area contributed by atoms with Crippen LogP contribution in [0.25, 0.3) is 16.6 Å². The molecule has 0 saturated carbocycles. The van der Waals surface area contributed by atoms with E-state index in [0.29, 0.717) is 17.0 Å². The zero-order valence-corrected chi connectivity index (χ0v) is 15.7. The number of pyridine rings is 1. The molecule has 0 saturated heterocycles. The van der Waals surface area contributed by atoms with Crippen molar-refractivity contribution >= 4 is 38.2 Å². The van der Waals surface area contributed by atoms with Crippen LogP contribution in [0.4, 0.5) is 0 Å². The molecule has 8 heteroatoms. The fraction of sp³-hybridized carbons (Fsp3) is 0.167. The Hall–Kier alpha value is -2.35. The van der Waals surface area contributed by atoms with Gasteiger partial charge >= 0.3 is 0 Å². The Morgan fingerprint density at radius 1 is 1.27 bits per heavy atom. The molecule has 1 aromatic carbocycles. The molecule has 0 aliphatic carbocycles. The number of hydrogen-bond donors (Lipinski definition) is 1. The molecule has 0 amide bonds. The van der Waals surface area contributed by atoms with Crippen LogP contribution in [0.3, 0.4) is 0 Å². The maximum absolute atomic E-state index is 12.3. The first-order chi connectivity index (χ1) is 12.3. The van der Waals surface area contributed by atoms with Gasteiger partial charge in [0.15, 0.2) is 5.76 Å². The second-order valence-electron chi connectivity index (χ2n) is 6.19. The SMILES string of the molecule is Cc1cccc2cc([C@H]3C=C(c4ccco4)NN3S(C)(=O)=O)c(Cl)nc12. The average Bonchev–Trinajstić information content (AvgIpc) is 3.24. The second kappa shape index (κ2) is 6.12. The summed E-state index contributed by atoms with van der Waals surface area (Å²) in [6, 6.07) is 10.6. The lowest BCUT2D eigenvalue weighted by atomic mass is 10.0. The van der Waals surface area contributed by atoms with E-state index in [-0.39, 0.29) is 5.15 Å². The third-order valence-corrected chi connectivity index (χ3v) is 5.63. The number of hydrogen-bond acceptors (Lipinski definition) is 5. The quantitative estimate of drug-likeness (QED) is 0.692. The smallest absolute Gasteiger partial charge is 0.228 e. The minimum Gasteiger partial charge on any atom is -0.463 e. The molecule has 1 aliphatic rings. The highest BCUT2D eigenvalue weighted by Crippen LogP contribution is 2.37. The summed E-state index contributed by atoms with van der Waals surface area (Å²) in [5.74, 6) is 0.543. The lowest BCUT2D eigenvalue weighted by molar-refractivity contribution is 0.349. The lowest BCUT2D eigenvalue weighted by Gasteiger charge is -2.23. The summed E-state index contributed by atoms with van der Waals surface area (Å²) in [5, 5.41) is 1.17. The predicted molar refractivity (Wildman–Crippen MR) is 101 cm³/mol. The van der Waals surface area contributed by atoms with Crippen molar-refractivity contribution in [1.82, 2.24) is 14.8 Å². The Labute approximate surface area is 156 Å². The van der Waals surface area contributed by atoms with Crippen molar-refractivity contribution in [3.05, 3.63) is 70.8 Å². The highest BCUT2D eigenvalue weighted by atomic mass is 35.5. The molecule has 0 fully saturated rings. The Kier molecular flexibility index (Phi) is 4.02. The van der Waals surface area contributed by atoms with Crippen LogP contribution in [0.1, 0.15) is 22.9 Å². The van der Waals surface area contributed by atoms with Crippen LogP contribution in [0.2, 0.25) is 5.15 Å². The predicted octanol–water partition coefficient (Wildman–Crippen LogP) is 3.65. The summed E-state index contributed by atoms with van der Waals surface area (Å²) in [7, 11) is -3.56. The molecule has 26 heavy (non-hydrogen) atoms. The van der Waals surface area contributed by atoms with Crippen LogP contribution in [0, 0.1) is 6.92 Å². The van der Waals surface area contributed by atoms with Gasteiger partial charge in [0.1, 0.15) is 5.15 Å². The molecule has 1 atom stereocenters. The number of benzene rings is 1. The minimum atomic E-state index is -3.56. The molecule has 3 aromatic rings. The number of halogens is 1. The van der Waals surface area contributed by atoms with Crippen LogP contribution in [-0.4, -0.2) is 24.1 Å². The summed E-state index contributed by atoms with van der Waals surface area (Å²) < 4.78 is 31.1. The zero-order valence-electron chi connectivity index (χ0n) is 14.1. The summed E-state index contributed by atoms with van der Waals surface area (Å²) >= 11 is 6.43. The minimum absolute atomic E-state index is 0.268. The molecule has 134 valence electrons. The van der Waals surface area contributed by atoms with Crippen molar-refractivity contribution < 1.29 is 12.8 Å². The van der Waals surface area contributed by atoms with Crippen molar-refractivity contribution in [3.8, 4) is 0 Å². The number of hydrazine groups is 1. The first-order valence-electron chi connectivity index (χ1n) is 7.92. The van der Waals surface area contributed by atoms with Gasteiger partial charge in [0, 0.05) is 10.9 Å². The third kappa shape index (κ3) is 2.88. The highest BCUT2D eigenvalue weighted by molar-refractivity contribution is 7.88. The van der Waals surface area contributed by atoms with E-state index in [4.69, 9.17) is 16.0 Å². The highest BCUT2D eigenvalue weighted by Gasteiger charge is 2.35. The molecular weight excluding hydrogens is 374 g/mol. The van der Waals surface area contributed by atoms with Crippen LogP contribution >= 0.6 is 11.6 Å². The van der Waals surface area contributed by atoms with E-state index in [9.17, 15) is 8.42 Å². The Morgan fingerprint density at radius 3 is 2.77 bits per heavy atom. The zero-order chi connectivity index (χ0) is 18.5. The van der Waals surface area contributed by atoms with Gasteiger partial charge in [-0.05, 0) is 36.8 Å². The molecule has 0 spiro atoms. The van der Waals surface area contributed by atoms with Crippen LogP contribution in [0.5, 0.6) is 0 Å². The van der Waals surface area contributed by atoms with Gasteiger partial charge in [-0.3, -0.25) is 0 Å². The van der Waals surface area contributed by atoms with E-state index in [1.54, 1.807) is 18.2 Å². The summed E-state index contributed by atoms with van der Waals surface area (Å²) in [6.45, 7) is 1.96. The van der Waals surface area contributed by atoms with Crippen LogP contribution < -0.4 is 5.43 Å². The van der Waals surface area contributed by atoms with Crippen LogP contribution in [-0.2, 0) is 10.0 Å². The maximum Gasteiger partial charge on any atom is 0.228 e. The summed E-state index contributed by atoms with van der Waals surface area (Å²) in [4.78, 5) is 4.49. The van der Waals surface area contributed by atoms with Gasteiger partial charge in [0.2, 0.25) is 10.0 Å². The second-order valence-corrected chi connectivity index (χ2v) is 8.41. The number of nitrogens with zero attached hydrogens (tertiary/aromatic N) is 2. The number of aryl methyl sites for hydroxylation is 1. The third-order valence-electron chi connectivity index (χ3n) is 4.30. The molecule has 1 aliphatic heterocycles. The van der Waals surface area contributed by atoms with Crippen molar-refractivity contribution in [1.29, 1.82) is 0 Å². The largest absolute Gasteiger partial charge is 0.463 e. The Bertz CT molecular complexity index is 1120. The topological polar surface area (TPSA) is 75.4 Å². The number of furan rings is 1. The fourth-order valence-electron chi connectivity index (χ4n) is 3.07. The molecule has 0 bridgehead atoms. The van der Waals surface area contributed by atoms with Gasteiger partial charge in [0.25, 0.3) is 0 Å². The van der Waals surface area contributed by atoms with Crippen molar-refractivity contribution in [2.75, 3.05) is 6.26 Å². The first-order valence-corrected chi connectivity index (χ1v) is 10.1. The molecular formula is C18H16ClN3O3S. The standard InChI is InChI=1S/C18H16ClN3O3S/c1-11-5-3-6-12-9-13(18(19)20-17(11)12)15-10-14(16-7-4-8-25-16)21-22(15)26(2,23)24/h3-10,15,21H,1-2H3/t15-/m1/s1. The van der Waals surface area contributed by atoms with Crippen molar-refractivity contribution in [3.63, 3.8) is 0 Å². The number of fused-ring (bicyclic) bond motifs is 1. The molecule has 6 nitrogen and oxygen atoms in total. The summed E-state index contributed by atoms with van der Waals surface area (Å²) in [5.41, 5.74) is 5.86. The Balaban J connectivity index is 1.88. The van der Waals surface area contributed by atoms with Gasteiger partial charge in [0.05, 0.1) is 29.8 Å². The molecule has 3 heterocycles. The van der Waals surface area contributed by atoms with E-state index in [2.05, 4.69) is 10.4 Å². The number of rotatable bonds is 3. The van der Waals surface area contributed by atoms with Crippen molar-refractivity contribution in [2.45, 2.75) is 13.0 Å². The molecule has 4 rings (SSSR count).